The number of hydrogen-bond donors (Lipinski definition) is 2. The molecule has 1 fully saturated rings. The number of carbonyl (C=O) groups is 1. The van der Waals surface area contributed by atoms with Crippen molar-refractivity contribution in [3.05, 3.63) is 72.9 Å². The van der Waals surface area contributed by atoms with Crippen molar-refractivity contribution < 1.29 is 19.0 Å². The summed E-state index contributed by atoms with van der Waals surface area (Å²) < 4.78 is 17.2. The van der Waals surface area contributed by atoms with E-state index in [2.05, 4.69) is 44.8 Å². The number of nitrogens with zero attached hydrogens (tertiary/aromatic N) is 2. The van der Waals surface area contributed by atoms with E-state index >= 15 is 0 Å². The van der Waals surface area contributed by atoms with Gasteiger partial charge in [0.2, 0.25) is 5.91 Å². The summed E-state index contributed by atoms with van der Waals surface area (Å²) >= 11 is 0. The second kappa shape index (κ2) is 11.9. The molecule has 1 aliphatic heterocycles. The number of hydrogen-bond acceptors (Lipinski definition) is 7. The van der Waals surface area contributed by atoms with Crippen molar-refractivity contribution in [3.63, 3.8) is 0 Å². The molecule has 1 unspecified atom stereocenters. The van der Waals surface area contributed by atoms with Crippen LogP contribution in [0.25, 0.3) is 10.9 Å². The van der Waals surface area contributed by atoms with Crippen LogP contribution in [0.5, 0.6) is 23.0 Å². The lowest BCUT2D eigenvalue weighted by Gasteiger charge is -2.34. The molecule has 39 heavy (non-hydrogen) atoms. The second-order valence-corrected chi connectivity index (χ2v) is 9.54. The minimum Gasteiger partial charge on any atom is -0.493 e. The highest BCUT2D eigenvalue weighted by Gasteiger charge is 2.21. The van der Waals surface area contributed by atoms with Gasteiger partial charge in [0.15, 0.2) is 11.5 Å². The summed E-state index contributed by atoms with van der Waals surface area (Å²) in [5.41, 5.74) is 3.81. The lowest BCUT2D eigenvalue weighted by Crippen LogP contribution is -2.47. The van der Waals surface area contributed by atoms with E-state index in [9.17, 15) is 4.79 Å². The van der Waals surface area contributed by atoms with Gasteiger partial charge in [-0.1, -0.05) is 13.0 Å². The fourth-order valence-electron chi connectivity index (χ4n) is 4.88. The number of ether oxygens (including phenoxy) is 3. The van der Waals surface area contributed by atoms with Crippen LogP contribution in [0.3, 0.4) is 0 Å². The molecule has 8 nitrogen and oxygen atoms in total. The number of carbonyl (C=O) groups excluding carboxylic acids is 1. The summed E-state index contributed by atoms with van der Waals surface area (Å²) in [6.45, 7) is 3.72. The van der Waals surface area contributed by atoms with E-state index in [1.165, 1.54) is 0 Å². The molecule has 1 aromatic heterocycles. The monoisotopic (exact) mass is 526 g/mol. The number of nitrogens with one attached hydrogen (secondary N) is 2. The number of methoxy groups -OCH3 is 2. The van der Waals surface area contributed by atoms with Crippen LogP contribution in [0.1, 0.15) is 26.2 Å². The molecule has 202 valence electrons. The quantitative estimate of drug-likeness (QED) is 0.265. The van der Waals surface area contributed by atoms with Gasteiger partial charge in [-0.3, -0.25) is 9.78 Å². The fourth-order valence-corrected chi connectivity index (χ4v) is 4.88. The maximum atomic E-state index is 11.8. The SMILES string of the molecule is CCC(=O)NC1CCCN(c2ccc(Nc3cccc(Oc4ccnc5cc(OC)c(OC)cc45)c3)cc2)C1. The van der Waals surface area contributed by atoms with Gasteiger partial charge in [-0.2, -0.15) is 0 Å². The zero-order valence-electron chi connectivity index (χ0n) is 22.6. The fraction of sp³-hybridized carbons (Fsp3) is 0.290. The lowest BCUT2D eigenvalue weighted by molar-refractivity contribution is -0.121. The molecule has 0 bridgehead atoms. The van der Waals surface area contributed by atoms with E-state index in [1.807, 2.05) is 49.4 Å². The van der Waals surface area contributed by atoms with Crippen molar-refractivity contribution in [1.82, 2.24) is 10.3 Å². The highest BCUT2D eigenvalue weighted by Crippen LogP contribution is 2.37. The van der Waals surface area contributed by atoms with Gasteiger partial charge >= 0.3 is 0 Å². The predicted octanol–water partition coefficient (Wildman–Crippen LogP) is 6.28. The van der Waals surface area contributed by atoms with E-state index in [1.54, 1.807) is 20.4 Å². The number of fused-ring (bicyclic) bond motifs is 1. The van der Waals surface area contributed by atoms with Crippen LogP contribution in [0.4, 0.5) is 17.1 Å². The van der Waals surface area contributed by atoms with Crippen molar-refractivity contribution >= 4 is 33.9 Å². The maximum Gasteiger partial charge on any atom is 0.219 e. The molecule has 0 saturated carbocycles. The van der Waals surface area contributed by atoms with Gasteiger partial charge in [0.25, 0.3) is 0 Å². The molecule has 0 radical (unpaired) electrons. The van der Waals surface area contributed by atoms with Crippen LogP contribution in [0.2, 0.25) is 0 Å². The summed E-state index contributed by atoms with van der Waals surface area (Å²) in [6.07, 6.45) is 4.33. The Hall–Kier alpha value is -4.46. The molecular formula is C31H34N4O4. The average molecular weight is 527 g/mol. The van der Waals surface area contributed by atoms with Crippen LogP contribution in [-0.2, 0) is 4.79 Å². The lowest BCUT2D eigenvalue weighted by atomic mass is 10.0. The third-order valence-electron chi connectivity index (χ3n) is 6.90. The minimum atomic E-state index is 0.115. The third kappa shape index (κ3) is 6.17. The molecule has 0 spiro atoms. The standard InChI is InChI=1S/C31H34N4O4/c1-4-31(36)34-23-8-6-16-35(20-23)24-12-10-21(11-13-24)33-22-7-5-9-25(17-22)39-28-14-15-32-27-19-30(38-3)29(37-2)18-26(27)28/h5,7,9-15,17-19,23,33H,4,6,8,16,20H2,1-3H3,(H,34,36). The number of aromatic nitrogens is 1. The molecule has 0 aliphatic carbocycles. The zero-order valence-corrected chi connectivity index (χ0v) is 22.6. The number of amides is 1. The largest absolute Gasteiger partial charge is 0.493 e. The Kier molecular flexibility index (Phi) is 8.01. The first kappa shape index (κ1) is 26.2. The Morgan fingerprint density at radius 2 is 1.77 bits per heavy atom. The van der Waals surface area contributed by atoms with Gasteiger partial charge < -0.3 is 29.7 Å². The number of rotatable bonds is 9. The first-order valence-electron chi connectivity index (χ1n) is 13.3. The van der Waals surface area contributed by atoms with Gasteiger partial charge in [0.05, 0.1) is 19.7 Å². The number of pyridine rings is 1. The number of benzene rings is 3. The van der Waals surface area contributed by atoms with Crippen molar-refractivity contribution in [2.45, 2.75) is 32.2 Å². The van der Waals surface area contributed by atoms with E-state index in [0.717, 1.165) is 53.9 Å². The summed E-state index contributed by atoms with van der Waals surface area (Å²) in [5.74, 6) is 2.73. The Morgan fingerprint density at radius 1 is 0.974 bits per heavy atom. The summed E-state index contributed by atoms with van der Waals surface area (Å²) in [4.78, 5) is 18.6. The highest BCUT2D eigenvalue weighted by molar-refractivity contribution is 5.88. The van der Waals surface area contributed by atoms with Gasteiger partial charge in [-0.25, -0.2) is 0 Å². The van der Waals surface area contributed by atoms with Gasteiger partial charge in [-0.15, -0.1) is 0 Å². The Labute approximate surface area is 228 Å². The topological polar surface area (TPSA) is 85.0 Å². The molecule has 3 aromatic carbocycles. The van der Waals surface area contributed by atoms with Crippen LogP contribution in [0.15, 0.2) is 72.9 Å². The van der Waals surface area contributed by atoms with E-state index in [-0.39, 0.29) is 11.9 Å². The Bertz CT molecular complexity index is 1440. The van der Waals surface area contributed by atoms with Crippen LogP contribution in [0, 0.1) is 0 Å². The Balaban J connectivity index is 1.27. The van der Waals surface area contributed by atoms with Gasteiger partial charge in [0, 0.05) is 66.3 Å². The molecule has 4 aromatic rings. The molecule has 2 heterocycles. The molecular weight excluding hydrogens is 492 g/mol. The zero-order chi connectivity index (χ0) is 27.2. The van der Waals surface area contributed by atoms with Crippen molar-refractivity contribution in [3.8, 4) is 23.0 Å². The predicted molar refractivity (Wildman–Crippen MR) is 155 cm³/mol. The normalized spacial score (nSPS) is 15.1. The summed E-state index contributed by atoms with van der Waals surface area (Å²) in [7, 11) is 3.22. The number of anilines is 3. The van der Waals surface area contributed by atoms with Crippen LogP contribution >= 0.6 is 0 Å². The molecule has 1 amide bonds. The summed E-state index contributed by atoms with van der Waals surface area (Å²) in [6, 6.07) is 22.0. The second-order valence-electron chi connectivity index (χ2n) is 9.54. The van der Waals surface area contributed by atoms with Gasteiger partial charge in [0.1, 0.15) is 11.5 Å². The van der Waals surface area contributed by atoms with Crippen molar-refractivity contribution in [1.29, 1.82) is 0 Å². The molecule has 8 heteroatoms. The average Bonchev–Trinajstić information content (AvgIpc) is 2.97. The van der Waals surface area contributed by atoms with Crippen molar-refractivity contribution in [2.75, 3.05) is 37.5 Å². The first-order valence-corrected chi connectivity index (χ1v) is 13.3. The summed E-state index contributed by atoms with van der Waals surface area (Å²) in [5, 5.41) is 7.44. The molecule has 1 atom stereocenters. The maximum absolute atomic E-state index is 11.8. The van der Waals surface area contributed by atoms with Crippen LogP contribution < -0.4 is 29.7 Å². The molecule has 1 aliphatic rings. The smallest absolute Gasteiger partial charge is 0.219 e. The van der Waals surface area contributed by atoms with E-state index in [4.69, 9.17) is 14.2 Å². The minimum absolute atomic E-state index is 0.115. The van der Waals surface area contributed by atoms with Gasteiger partial charge in [-0.05, 0) is 61.4 Å². The molecule has 5 rings (SSSR count). The van der Waals surface area contributed by atoms with E-state index < -0.39 is 0 Å². The highest BCUT2D eigenvalue weighted by atomic mass is 16.5. The van der Waals surface area contributed by atoms with Crippen LogP contribution in [-0.4, -0.2) is 44.2 Å². The third-order valence-corrected chi connectivity index (χ3v) is 6.90. The van der Waals surface area contributed by atoms with Crippen molar-refractivity contribution in [2.24, 2.45) is 0 Å². The first-order chi connectivity index (χ1) is 19.1. The number of piperidine rings is 1. The van der Waals surface area contributed by atoms with E-state index in [0.29, 0.717) is 29.4 Å². The Morgan fingerprint density at radius 3 is 2.54 bits per heavy atom. The molecule has 1 saturated heterocycles. The molecule has 2 N–H and O–H groups in total.